The molecule has 0 spiro atoms. The molecule has 0 aliphatic rings. The summed E-state index contributed by atoms with van der Waals surface area (Å²) in [5, 5.41) is 24.4. The molecule has 0 amide bonds. The summed E-state index contributed by atoms with van der Waals surface area (Å²) in [4.78, 5) is 20.9. The predicted octanol–water partition coefficient (Wildman–Crippen LogP) is 4.19. The van der Waals surface area contributed by atoms with Crippen LogP contribution in [-0.2, 0) is 10.0 Å². The first kappa shape index (κ1) is 22.7. The van der Waals surface area contributed by atoms with E-state index < -0.39 is 26.6 Å². The second-order valence-electron chi connectivity index (χ2n) is 6.35. The number of hydrogen-bond donors (Lipinski definition) is 3. The SMILES string of the molecule is O=C(O)c1ccc(C=NNc2ccc([N+](=O)[O-])cc2S(=O)(=O)Nc2ccc(Cl)cc2)cc1. The van der Waals surface area contributed by atoms with Crippen molar-refractivity contribution in [3.63, 3.8) is 0 Å². The van der Waals surface area contributed by atoms with E-state index >= 15 is 0 Å². The van der Waals surface area contributed by atoms with Gasteiger partial charge in [-0.25, -0.2) is 13.2 Å². The molecule has 0 atom stereocenters. The second-order valence-corrected chi connectivity index (χ2v) is 8.43. The lowest BCUT2D eigenvalue weighted by atomic mass is 10.1. The number of non-ortho nitro benzene ring substituents is 1. The molecule has 0 aromatic heterocycles. The Balaban J connectivity index is 1.89. The van der Waals surface area contributed by atoms with Crippen molar-refractivity contribution in [2.24, 2.45) is 5.10 Å². The third kappa shape index (κ3) is 5.59. The zero-order valence-corrected chi connectivity index (χ0v) is 17.7. The first-order chi connectivity index (χ1) is 15.2. The van der Waals surface area contributed by atoms with Gasteiger partial charge in [-0.05, 0) is 48.0 Å². The molecule has 0 bridgehead atoms. The lowest BCUT2D eigenvalue weighted by molar-refractivity contribution is -0.385. The average Bonchev–Trinajstić information content (AvgIpc) is 2.75. The molecule has 12 heteroatoms. The summed E-state index contributed by atoms with van der Waals surface area (Å²) < 4.78 is 28.1. The maximum absolute atomic E-state index is 12.9. The van der Waals surface area contributed by atoms with E-state index in [9.17, 15) is 23.3 Å². The lowest BCUT2D eigenvalue weighted by Gasteiger charge is -2.12. The summed E-state index contributed by atoms with van der Waals surface area (Å²) >= 11 is 5.81. The van der Waals surface area contributed by atoms with Crippen molar-refractivity contribution in [1.29, 1.82) is 0 Å². The number of carboxylic acid groups (broad SMARTS) is 1. The molecule has 0 radical (unpaired) electrons. The average molecular weight is 475 g/mol. The maximum Gasteiger partial charge on any atom is 0.335 e. The van der Waals surface area contributed by atoms with Gasteiger partial charge in [0.2, 0.25) is 0 Å². The molecule has 0 aliphatic carbocycles. The molecule has 3 aromatic carbocycles. The number of halogens is 1. The molecule has 0 unspecified atom stereocenters. The van der Waals surface area contributed by atoms with E-state index in [4.69, 9.17) is 16.7 Å². The van der Waals surface area contributed by atoms with E-state index in [-0.39, 0.29) is 21.8 Å². The molecule has 0 heterocycles. The molecule has 0 aliphatic heterocycles. The molecule has 3 N–H and O–H groups in total. The van der Waals surface area contributed by atoms with Crippen LogP contribution in [0, 0.1) is 10.1 Å². The molecule has 32 heavy (non-hydrogen) atoms. The van der Waals surface area contributed by atoms with E-state index in [1.807, 2.05) is 0 Å². The van der Waals surface area contributed by atoms with Crippen molar-refractivity contribution in [2.45, 2.75) is 4.90 Å². The van der Waals surface area contributed by atoms with Crippen LogP contribution >= 0.6 is 11.6 Å². The van der Waals surface area contributed by atoms with Gasteiger partial charge in [-0.3, -0.25) is 20.3 Å². The lowest BCUT2D eigenvalue weighted by Crippen LogP contribution is -2.15. The quantitative estimate of drug-likeness (QED) is 0.251. The minimum atomic E-state index is -4.22. The van der Waals surface area contributed by atoms with E-state index in [0.29, 0.717) is 10.6 Å². The fourth-order valence-electron chi connectivity index (χ4n) is 2.56. The third-order valence-electron chi connectivity index (χ3n) is 4.12. The van der Waals surface area contributed by atoms with Crippen molar-refractivity contribution in [3.8, 4) is 0 Å². The summed E-state index contributed by atoms with van der Waals surface area (Å²) in [5.41, 5.74) is 3.01. The Bertz CT molecular complexity index is 1290. The number of carbonyl (C=O) groups is 1. The van der Waals surface area contributed by atoms with Gasteiger partial charge in [0.1, 0.15) is 4.90 Å². The number of hydrazone groups is 1. The van der Waals surface area contributed by atoms with Crippen LogP contribution in [0.3, 0.4) is 0 Å². The van der Waals surface area contributed by atoms with E-state index in [1.165, 1.54) is 60.8 Å². The van der Waals surface area contributed by atoms with Crippen LogP contribution in [0.4, 0.5) is 17.1 Å². The van der Waals surface area contributed by atoms with E-state index in [1.54, 1.807) is 0 Å². The fraction of sp³-hybridized carbons (Fsp3) is 0. The minimum Gasteiger partial charge on any atom is -0.478 e. The molecule has 0 fully saturated rings. The van der Waals surface area contributed by atoms with Crippen molar-refractivity contribution >= 4 is 50.9 Å². The van der Waals surface area contributed by atoms with Crippen LogP contribution in [-0.4, -0.2) is 30.6 Å². The van der Waals surface area contributed by atoms with Crippen molar-refractivity contribution < 1.29 is 23.2 Å². The Hall–Kier alpha value is -3.96. The van der Waals surface area contributed by atoms with Crippen LogP contribution in [0.15, 0.2) is 76.7 Å². The number of nitro benzene ring substituents is 1. The monoisotopic (exact) mass is 474 g/mol. The smallest absolute Gasteiger partial charge is 0.335 e. The number of aromatic carboxylic acids is 1. The molecular formula is C20H15ClN4O6S. The molecule has 164 valence electrons. The number of nitrogens with one attached hydrogen (secondary N) is 2. The van der Waals surface area contributed by atoms with Crippen molar-refractivity contribution in [3.05, 3.63) is 93.0 Å². The van der Waals surface area contributed by atoms with E-state index in [2.05, 4.69) is 15.2 Å². The van der Waals surface area contributed by atoms with E-state index in [0.717, 1.165) is 12.1 Å². The Labute approximate surface area is 187 Å². The standard InChI is InChI=1S/C20H15ClN4O6S/c21-15-5-7-16(8-6-15)24-32(30,31)19-11-17(25(28)29)9-10-18(19)23-22-12-13-1-3-14(4-2-13)20(26)27/h1-12,23-24H,(H,26,27). The highest BCUT2D eigenvalue weighted by Crippen LogP contribution is 2.28. The van der Waals surface area contributed by atoms with Crippen LogP contribution in [0.25, 0.3) is 0 Å². The molecular weight excluding hydrogens is 460 g/mol. The van der Waals surface area contributed by atoms with Gasteiger partial charge in [0.25, 0.3) is 15.7 Å². The molecule has 3 aromatic rings. The summed E-state index contributed by atoms with van der Waals surface area (Å²) in [6, 6.07) is 15.0. The maximum atomic E-state index is 12.9. The highest BCUT2D eigenvalue weighted by atomic mass is 35.5. The first-order valence-electron chi connectivity index (χ1n) is 8.85. The summed E-state index contributed by atoms with van der Waals surface area (Å²) in [6.45, 7) is 0. The molecule has 3 rings (SSSR count). The van der Waals surface area contributed by atoms with Gasteiger partial charge in [0.15, 0.2) is 0 Å². The van der Waals surface area contributed by atoms with Gasteiger partial charge in [-0.1, -0.05) is 23.7 Å². The van der Waals surface area contributed by atoms with Crippen LogP contribution in [0.2, 0.25) is 5.02 Å². The number of rotatable bonds is 8. The van der Waals surface area contributed by atoms with Crippen molar-refractivity contribution in [2.75, 3.05) is 10.1 Å². The number of nitro groups is 1. The molecule has 0 saturated heterocycles. The highest BCUT2D eigenvalue weighted by molar-refractivity contribution is 7.92. The first-order valence-corrected chi connectivity index (χ1v) is 10.7. The summed E-state index contributed by atoms with van der Waals surface area (Å²) in [5.74, 6) is -1.07. The Morgan fingerprint density at radius 3 is 2.31 bits per heavy atom. The normalized spacial score (nSPS) is 11.3. The minimum absolute atomic E-state index is 0.00419. The van der Waals surface area contributed by atoms with Gasteiger partial charge in [0, 0.05) is 22.8 Å². The molecule has 0 saturated carbocycles. The molecule has 10 nitrogen and oxygen atoms in total. The van der Waals surface area contributed by atoms with Gasteiger partial charge in [-0.15, -0.1) is 0 Å². The zero-order chi connectivity index (χ0) is 23.3. The highest BCUT2D eigenvalue weighted by Gasteiger charge is 2.22. The van der Waals surface area contributed by atoms with Crippen LogP contribution in [0.5, 0.6) is 0 Å². The number of hydrogen-bond acceptors (Lipinski definition) is 7. The summed E-state index contributed by atoms with van der Waals surface area (Å²) in [7, 11) is -4.22. The Morgan fingerprint density at radius 1 is 1.06 bits per heavy atom. The third-order valence-corrected chi connectivity index (χ3v) is 5.79. The second kappa shape index (κ2) is 9.45. The van der Waals surface area contributed by atoms with Crippen LogP contribution < -0.4 is 10.1 Å². The van der Waals surface area contributed by atoms with Gasteiger partial charge >= 0.3 is 5.97 Å². The number of anilines is 2. The topological polar surface area (TPSA) is 151 Å². The number of carboxylic acids is 1. The van der Waals surface area contributed by atoms with Gasteiger partial charge in [-0.2, -0.15) is 5.10 Å². The fourth-order valence-corrected chi connectivity index (χ4v) is 3.92. The number of nitrogens with zero attached hydrogens (tertiary/aromatic N) is 2. The van der Waals surface area contributed by atoms with Crippen molar-refractivity contribution in [1.82, 2.24) is 0 Å². The zero-order valence-electron chi connectivity index (χ0n) is 16.1. The predicted molar refractivity (Wildman–Crippen MR) is 120 cm³/mol. The van der Waals surface area contributed by atoms with Crippen LogP contribution in [0.1, 0.15) is 15.9 Å². The number of sulfonamides is 1. The summed E-state index contributed by atoms with van der Waals surface area (Å²) in [6.07, 6.45) is 1.34. The number of benzene rings is 3. The van der Waals surface area contributed by atoms with Gasteiger partial charge in [0.05, 0.1) is 22.4 Å². The largest absolute Gasteiger partial charge is 0.478 e. The van der Waals surface area contributed by atoms with Gasteiger partial charge < -0.3 is 5.11 Å². The Morgan fingerprint density at radius 2 is 1.72 bits per heavy atom. The Kier molecular flexibility index (Phi) is 6.71.